The van der Waals surface area contributed by atoms with Crippen molar-refractivity contribution in [3.05, 3.63) is 91.4 Å². The molecule has 0 saturated heterocycles. The molecule has 3 aromatic rings. The third kappa shape index (κ3) is 5.33. The molecule has 0 N–H and O–H groups in total. The molecule has 0 spiro atoms. The van der Waals surface area contributed by atoms with Crippen LogP contribution in [-0.4, -0.2) is 12.4 Å². The molecule has 0 atom stereocenters. The number of hydrogen-bond acceptors (Lipinski definition) is 2. The Hall–Kier alpha value is -1.84. The second-order valence-electron chi connectivity index (χ2n) is 5.82. The second kappa shape index (κ2) is 8.90. The Kier molecular flexibility index (Phi) is 6.56. The molecule has 0 aliphatic heterocycles. The minimum absolute atomic E-state index is 0.550. The van der Waals surface area contributed by atoms with Crippen molar-refractivity contribution in [1.82, 2.24) is 0 Å². The molecular weight excluding hydrogens is 422 g/mol. The highest BCUT2D eigenvalue weighted by Crippen LogP contribution is 2.27. The van der Waals surface area contributed by atoms with Crippen molar-refractivity contribution in [3.63, 3.8) is 0 Å². The molecule has 0 saturated carbocycles. The highest BCUT2D eigenvalue weighted by Gasteiger charge is 2.02. The van der Waals surface area contributed by atoms with E-state index in [0.29, 0.717) is 20.1 Å². The quantitative estimate of drug-likeness (QED) is 0.369. The Morgan fingerprint density at radius 3 is 1.78 bits per heavy atom. The van der Waals surface area contributed by atoms with Crippen molar-refractivity contribution >= 4 is 70.2 Å². The molecule has 0 radical (unpaired) electrons. The van der Waals surface area contributed by atoms with E-state index >= 15 is 0 Å². The summed E-state index contributed by atoms with van der Waals surface area (Å²) in [6, 6.07) is 16.4. The van der Waals surface area contributed by atoms with Gasteiger partial charge in [0, 0.05) is 33.6 Å². The normalized spacial score (nSPS) is 11.6. The lowest BCUT2D eigenvalue weighted by Gasteiger charge is -2.03. The van der Waals surface area contributed by atoms with Crippen molar-refractivity contribution in [2.45, 2.75) is 6.92 Å². The van der Waals surface area contributed by atoms with E-state index in [-0.39, 0.29) is 0 Å². The van der Waals surface area contributed by atoms with Crippen LogP contribution in [0.3, 0.4) is 0 Å². The molecule has 3 rings (SSSR count). The van der Waals surface area contributed by atoms with Crippen molar-refractivity contribution in [2.24, 2.45) is 9.98 Å². The van der Waals surface area contributed by atoms with Crippen LogP contribution < -0.4 is 0 Å². The van der Waals surface area contributed by atoms with E-state index in [1.54, 1.807) is 36.7 Å². The topological polar surface area (TPSA) is 24.7 Å². The molecule has 2 nitrogen and oxygen atoms in total. The zero-order valence-corrected chi connectivity index (χ0v) is 17.3. The second-order valence-corrected chi connectivity index (χ2v) is 7.51. The number of nitrogens with zero attached hydrogens (tertiary/aromatic N) is 2. The van der Waals surface area contributed by atoms with E-state index in [1.807, 2.05) is 37.3 Å². The molecule has 0 unspecified atom stereocenters. The Morgan fingerprint density at radius 1 is 0.667 bits per heavy atom. The van der Waals surface area contributed by atoms with Crippen LogP contribution in [0.5, 0.6) is 0 Å². The Labute approximate surface area is 178 Å². The van der Waals surface area contributed by atoms with E-state index in [9.17, 15) is 0 Å². The van der Waals surface area contributed by atoms with Crippen LogP contribution in [0, 0.1) is 6.92 Å². The van der Waals surface area contributed by atoms with E-state index in [2.05, 4.69) is 9.98 Å². The van der Waals surface area contributed by atoms with E-state index in [4.69, 9.17) is 46.4 Å². The molecule has 0 bridgehead atoms. The van der Waals surface area contributed by atoms with Crippen LogP contribution in [0.2, 0.25) is 20.1 Å². The Morgan fingerprint density at radius 2 is 1.22 bits per heavy atom. The average molecular weight is 436 g/mol. The Bertz CT molecular complexity index is 1040. The summed E-state index contributed by atoms with van der Waals surface area (Å²) in [4.78, 5) is 9.02. The minimum atomic E-state index is 0.550. The standard InChI is InChI=1S/C21H14Cl4N2/c1-13-2-7-18(26-11-14-3-5-16(22)8-19(14)24)10-21(13)27-12-15-4-6-17(23)9-20(15)25/h2-12H,1H3. The third-order valence-corrected chi connectivity index (χ3v) is 4.94. The summed E-state index contributed by atoms with van der Waals surface area (Å²) in [5, 5.41) is 2.28. The SMILES string of the molecule is Cc1ccc(N=Cc2ccc(Cl)cc2Cl)cc1N=Cc1ccc(Cl)cc1Cl. The molecule has 0 aliphatic rings. The first kappa shape index (κ1) is 19.9. The van der Waals surface area contributed by atoms with Crippen LogP contribution in [0.4, 0.5) is 11.4 Å². The van der Waals surface area contributed by atoms with Gasteiger partial charge in [-0.05, 0) is 48.9 Å². The van der Waals surface area contributed by atoms with Crippen molar-refractivity contribution < 1.29 is 0 Å². The van der Waals surface area contributed by atoms with Gasteiger partial charge in [-0.2, -0.15) is 0 Å². The first-order valence-electron chi connectivity index (χ1n) is 8.01. The van der Waals surface area contributed by atoms with Crippen molar-refractivity contribution in [3.8, 4) is 0 Å². The first-order chi connectivity index (χ1) is 12.9. The van der Waals surface area contributed by atoms with Crippen LogP contribution in [-0.2, 0) is 0 Å². The molecular formula is C21H14Cl4N2. The molecule has 0 amide bonds. The summed E-state index contributed by atoms with van der Waals surface area (Å²) < 4.78 is 0. The smallest absolute Gasteiger partial charge is 0.0680 e. The average Bonchev–Trinajstić information content (AvgIpc) is 2.62. The molecule has 0 aromatic heterocycles. The van der Waals surface area contributed by atoms with Gasteiger partial charge in [-0.15, -0.1) is 0 Å². The molecule has 6 heteroatoms. The fourth-order valence-corrected chi connectivity index (χ4v) is 3.23. The van der Waals surface area contributed by atoms with Crippen LogP contribution in [0.1, 0.15) is 16.7 Å². The maximum atomic E-state index is 6.19. The molecule has 136 valence electrons. The summed E-state index contributed by atoms with van der Waals surface area (Å²) in [6.07, 6.45) is 3.41. The lowest BCUT2D eigenvalue weighted by Crippen LogP contribution is -1.84. The van der Waals surface area contributed by atoms with E-state index < -0.39 is 0 Å². The lowest BCUT2D eigenvalue weighted by atomic mass is 10.1. The summed E-state index contributed by atoms with van der Waals surface area (Å²) in [5.74, 6) is 0. The summed E-state index contributed by atoms with van der Waals surface area (Å²) in [7, 11) is 0. The Balaban J connectivity index is 1.85. The predicted octanol–water partition coefficient (Wildman–Crippen LogP) is 8.11. The summed E-state index contributed by atoms with van der Waals surface area (Å²) in [5.41, 5.74) is 4.18. The number of rotatable bonds is 4. The molecule has 3 aromatic carbocycles. The third-order valence-electron chi connectivity index (χ3n) is 3.81. The number of hydrogen-bond donors (Lipinski definition) is 0. The molecule has 27 heavy (non-hydrogen) atoms. The van der Waals surface area contributed by atoms with Crippen LogP contribution in [0.15, 0.2) is 64.6 Å². The van der Waals surface area contributed by atoms with Gasteiger partial charge in [-0.3, -0.25) is 9.98 Å². The van der Waals surface area contributed by atoms with Gasteiger partial charge in [-0.1, -0.05) is 64.6 Å². The van der Waals surface area contributed by atoms with Crippen molar-refractivity contribution in [2.75, 3.05) is 0 Å². The largest absolute Gasteiger partial charge is 0.256 e. The molecule has 0 fully saturated rings. The van der Waals surface area contributed by atoms with Gasteiger partial charge in [0.2, 0.25) is 0 Å². The molecule has 0 aliphatic carbocycles. The lowest BCUT2D eigenvalue weighted by molar-refractivity contribution is 1.38. The minimum Gasteiger partial charge on any atom is -0.256 e. The fourth-order valence-electron chi connectivity index (χ4n) is 2.31. The molecule has 0 heterocycles. The zero-order valence-electron chi connectivity index (χ0n) is 14.3. The van der Waals surface area contributed by atoms with Crippen molar-refractivity contribution in [1.29, 1.82) is 0 Å². The van der Waals surface area contributed by atoms with Gasteiger partial charge in [-0.25, -0.2) is 0 Å². The van der Waals surface area contributed by atoms with E-state index in [1.165, 1.54) is 0 Å². The number of aryl methyl sites for hydroxylation is 1. The van der Waals surface area contributed by atoms with Crippen LogP contribution >= 0.6 is 46.4 Å². The maximum Gasteiger partial charge on any atom is 0.0680 e. The highest BCUT2D eigenvalue weighted by atomic mass is 35.5. The number of aliphatic imine (C=N–C) groups is 2. The van der Waals surface area contributed by atoms with Gasteiger partial charge in [0.1, 0.15) is 0 Å². The van der Waals surface area contributed by atoms with E-state index in [0.717, 1.165) is 28.1 Å². The summed E-state index contributed by atoms with van der Waals surface area (Å²) >= 11 is 24.2. The van der Waals surface area contributed by atoms with Gasteiger partial charge >= 0.3 is 0 Å². The number of halogens is 4. The van der Waals surface area contributed by atoms with Gasteiger partial charge in [0.25, 0.3) is 0 Å². The van der Waals surface area contributed by atoms with Gasteiger partial charge < -0.3 is 0 Å². The van der Waals surface area contributed by atoms with Gasteiger partial charge in [0.05, 0.1) is 21.4 Å². The summed E-state index contributed by atoms with van der Waals surface area (Å²) in [6.45, 7) is 1.99. The van der Waals surface area contributed by atoms with Crippen LogP contribution in [0.25, 0.3) is 0 Å². The zero-order chi connectivity index (χ0) is 19.4. The number of benzene rings is 3. The monoisotopic (exact) mass is 434 g/mol. The maximum absolute atomic E-state index is 6.19. The fraction of sp³-hybridized carbons (Fsp3) is 0.0476. The van der Waals surface area contributed by atoms with Gasteiger partial charge in [0.15, 0.2) is 0 Å². The highest BCUT2D eigenvalue weighted by molar-refractivity contribution is 6.36. The predicted molar refractivity (Wildman–Crippen MR) is 119 cm³/mol. The first-order valence-corrected chi connectivity index (χ1v) is 9.52.